The molecule has 6 nitrogen and oxygen atoms in total. The zero-order valence-corrected chi connectivity index (χ0v) is 10.8. The SMILES string of the molecule is COCCCC(N)C(=O)NC1(C(=O)O)CCCC1. The van der Waals surface area contributed by atoms with Gasteiger partial charge in [-0.25, -0.2) is 4.79 Å². The monoisotopic (exact) mass is 258 g/mol. The molecule has 0 aromatic heterocycles. The van der Waals surface area contributed by atoms with Gasteiger partial charge in [-0.1, -0.05) is 12.8 Å². The zero-order chi connectivity index (χ0) is 13.6. The van der Waals surface area contributed by atoms with Gasteiger partial charge < -0.3 is 20.9 Å². The van der Waals surface area contributed by atoms with Gasteiger partial charge in [0.25, 0.3) is 0 Å². The Morgan fingerprint density at radius 2 is 2.06 bits per heavy atom. The number of carbonyl (C=O) groups excluding carboxylic acids is 1. The normalized spacial score (nSPS) is 19.4. The van der Waals surface area contributed by atoms with Gasteiger partial charge in [-0.2, -0.15) is 0 Å². The summed E-state index contributed by atoms with van der Waals surface area (Å²) in [5, 5.41) is 11.8. The van der Waals surface area contributed by atoms with E-state index in [1.807, 2.05) is 0 Å². The van der Waals surface area contributed by atoms with E-state index in [4.69, 9.17) is 10.5 Å². The molecule has 1 unspecified atom stereocenters. The smallest absolute Gasteiger partial charge is 0.329 e. The Bertz CT molecular complexity index is 300. The lowest BCUT2D eigenvalue weighted by molar-refractivity contribution is -0.147. The lowest BCUT2D eigenvalue weighted by Crippen LogP contribution is -2.56. The van der Waals surface area contributed by atoms with Crippen LogP contribution in [0, 0.1) is 0 Å². The van der Waals surface area contributed by atoms with Crippen molar-refractivity contribution in [1.29, 1.82) is 0 Å². The van der Waals surface area contributed by atoms with Crippen LogP contribution in [0.15, 0.2) is 0 Å². The number of rotatable bonds is 7. The first kappa shape index (κ1) is 14.9. The minimum atomic E-state index is -1.10. The maximum atomic E-state index is 11.9. The standard InChI is InChI=1S/C12H22N2O4/c1-18-8-4-5-9(13)10(15)14-12(11(16)17)6-2-3-7-12/h9H,2-8,13H2,1H3,(H,14,15)(H,16,17). The second kappa shape index (κ2) is 6.70. The van der Waals surface area contributed by atoms with Crippen molar-refractivity contribution in [3.05, 3.63) is 0 Å². The highest BCUT2D eigenvalue weighted by Crippen LogP contribution is 2.30. The molecule has 0 heterocycles. The average molecular weight is 258 g/mol. The van der Waals surface area contributed by atoms with Crippen LogP contribution < -0.4 is 11.1 Å². The van der Waals surface area contributed by atoms with Crippen LogP contribution in [0.4, 0.5) is 0 Å². The summed E-state index contributed by atoms with van der Waals surface area (Å²) in [6, 6.07) is -0.669. The molecule has 104 valence electrons. The highest BCUT2D eigenvalue weighted by molar-refractivity contribution is 5.89. The first-order valence-electron chi connectivity index (χ1n) is 6.32. The van der Waals surface area contributed by atoms with Gasteiger partial charge in [0.2, 0.25) is 5.91 Å². The number of hydrogen-bond donors (Lipinski definition) is 3. The fourth-order valence-corrected chi connectivity index (χ4v) is 2.28. The van der Waals surface area contributed by atoms with Gasteiger partial charge in [0.05, 0.1) is 6.04 Å². The van der Waals surface area contributed by atoms with Crippen molar-refractivity contribution < 1.29 is 19.4 Å². The summed E-state index contributed by atoms with van der Waals surface area (Å²) in [6.07, 6.45) is 3.80. The predicted octanol–water partition coefficient (Wildman–Crippen LogP) is 0.254. The highest BCUT2D eigenvalue weighted by atomic mass is 16.5. The maximum Gasteiger partial charge on any atom is 0.329 e. The van der Waals surface area contributed by atoms with E-state index >= 15 is 0 Å². The topological polar surface area (TPSA) is 102 Å². The summed E-state index contributed by atoms with van der Waals surface area (Å²) in [7, 11) is 1.59. The predicted molar refractivity (Wildman–Crippen MR) is 66.1 cm³/mol. The highest BCUT2D eigenvalue weighted by Gasteiger charge is 2.43. The van der Waals surface area contributed by atoms with Gasteiger partial charge in [-0.05, 0) is 25.7 Å². The molecular weight excluding hydrogens is 236 g/mol. The second-order valence-electron chi connectivity index (χ2n) is 4.83. The lowest BCUT2D eigenvalue weighted by atomic mass is 9.97. The average Bonchev–Trinajstić information content (AvgIpc) is 2.79. The summed E-state index contributed by atoms with van der Waals surface area (Å²) in [6.45, 7) is 0.547. The largest absolute Gasteiger partial charge is 0.480 e. The zero-order valence-electron chi connectivity index (χ0n) is 10.8. The molecule has 0 aliphatic heterocycles. The van der Waals surface area contributed by atoms with E-state index in [-0.39, 0.29) is 5.91 Å². The molecular formula is C12H22N2O4. The molecule has 1 amide bonds. The van der Waals surface area contributed by atoms with Gasteiger partial charge in [0, 0.05) is 13.7 Å². The molecule has 1 fully saturated rings. The van der Waals surface area contributed by atoms with Gasteiger partial charge >= 0.3 is 5.97 Å². The number of amides is 1. The summed E-state index contributed by atoms with van der Waals surface area (Å²) in [4.78, 5) is 23.1. The molecule has 0 saturated heterocycles. The van der Waals surface area contributed by atoms with Crippen LogP contribution in [0.5, 0.6) is 0 Å². The van der Waals surface area contributed by atoms with Gasteiger partial charge in [-0.3, -0.25) is 4.79 Å². The maximum absolute atomic E-state index is 11.9. The van der Waals surface area contributed by atoms with Crippen LogP contribution in [0.1, 0.15) is 38.5 Å². The number of hydrogen-bond acceptors (Lipinski definition) is 4. The molecule has 0 aromatic rings. The first-order chi connectivity index (χ1) is 8.52. The van der Waals surface area contributed by atoms with Crippen LogP contribution in [0.3, 0.4) is 0 Å². The molecule has 0 bridgehead atoms. The van der Waals surface area contributed by atoms with Crippen LogP contribution in [-0.2, 0) is 14.3 Å². The number of nitrogens with two attached hydrogens (primary N) is 1. The molecule has 0 radical (unpaired) electrons. The Morgan fingerprint density at radius 1 is 1.44 bits per heavy atom. The van der Waals surface area contributed by atoms with Crippen LogP contribution in [0.2, 0.25) is 0 Å². The molecule has 4 N–H and O–H groups in total. The van der Waals surface area contributed by atoms with Crippen LogP contribution in [-0.4, -0.2) is 42.3 Å². The fourth-order valence-electron chi connectivity index (χ4n) is 2.28. The molecule has 6 heteroatoms. The van der Waals surface area contributed by atoms with E-state index < -0.39 is 17.6 Å². The van der Waals surface area contributed by atoms with Gasteiger partial charge in [0.1, 0.15) is 5.54 Å². The number of carboxylic acid groups (broad SMARTS) is 1. The van der Waals surface area contributed by atoms with Crippen LogP contribution >= 0.6 is 0 Å². The minimum Gasteiger partial charge on any atom is -0.480 e. The molecule has 1 rings (SSSR count). The van der Waals surface area contributed by atoms with Crippen LogP contribution in [0.25, 0.3) is 0 Å². The molecule has 18 heavy (non-hydrogen) atoms. The molecule has 1 saturated carbocycles. The number of ether oxygens (including phenoxy) is 1. The third-order valence-electron chi connectivity index (χ3n) is 3.43. The Labute approximate surface area is 107 Å². The Kier molecular flexibility index (Phi) is 5.55. The third kappa shape index (κ3) is 3.68. The van der Waals surface area contributed by atoms with Crippen molar-refractivity contribution in [2.45, 2.75) is 50.1 Å². The number of aliphatic carboxylic acids is 1. The van der Waals surface area contributed by atoms with Gasteiger partial charge in [-0.15, -0.1) is 0 Å². The summed E-state index contributed by atoms with van der Waals surface area (Å²) in [5.74, 6) is -1.34. The molecule has 1 atom stereocenters. The van der Waals surface area contributed by atoms with E-state index in [1.54, 1.807) is 7.11 Å². The van der Waals surface area contributed by atoms with E-state index in [0.717, 1.165) is 12.8 Å². The quantitative estimate of drug-likeness (QED) is 0.568. The Morgan fingerprint density at radius 3 is 2.56 bits per heavy atom. The second-order valence-corrected chi connectivity index (χ2v) is 4.83. The van der Waals surface area contributed by atoms with Crippen molar-refractivity contribution in [1.82, 2.24) is 5.32 Å². The molecule has 0 aromatic carbocycles. The van der Waals surface area contributed by atoms with E-state index in [2.05, 4.69) is 5.32 Å². The van der Waals surface area contributed by atoms with Crippen molar-refractivity contribution in [2.24, 2.45) is 5.73 Å². The van der Waals surface area contributed by atoms with Crippen molar-refractivity contribution in [3.8, 4) is 0 Å². The minimum absolute atomic E-state index is 0.379. The van der Waals surface area contributed by atoms with E-state index in [0.29, 0.717) is 32.3 Å². The Hall–Kier alpha value is -1.14. The van der Waals surface area contributed by atoms with Crippen molar-refractivity contribution in [3.63, 3.8) is 0 Å². The first-order valence-corrected chi connectivity index (χ1v) is 6.32. The van der Waals surface area contributed by atoms with Crippen molar-refractivity contribution >= 4 is 11.9 Å². The van der Waals surface area contributed by atoms with Crippen molar-refractivity contribution in [2.75, 3.05) is 13.7 Å². The third-order valence-corrected chi connectivity index (χ3v) is 3.43. The summed E-state index contributed by atoms with van der Waals surface area (Å²) >= 11 is 0. The number of carboxylic acids is 1. The Balaban J connectivity index is 2.49. The summed E-state index contributed by atoms with van der Waals surface area (Å²) in [5.41, 5.74) is 4.63. The fraction of sp³-hybridized carbons (Fsp3) is 0.833. The molecule has 0 spiro atoms. The van der Waals surface area contributed by atoms with Gasteiger partial charge in [0.15, 0.2) is 0 Å². The van der Waals surface area contributed by atoms with E-state index in [1.165, 1.54) is 0 Å². The molecule has 1 aliphatic carbocycles. The number of nitrogens with one attached hydrogen (secondary N) is 1. The molecule has 1 aliphatic rings. The lowest BCUT2D eigenvalue weighted by Gasteiger charge is -2.27. The number of carbonyl (C=O) groups is 2. The van der Waals surface area contributed by atoms with E-state index in [9.17, 15) is 14.7 Å². The number of methoxy groups -OCH3 is 1. The summed E-state index contributed by atoms with van der Waals surface area (Å²) < 4.78 is 4.88.